The molecule has 37 heavy (non-hydrogen) atoms. The van der Waals surface area contributed by atoms with Crippen LogP contribution in [-0.4, -0.2) is 57.8 Å². The predicted octanol–water partition coefficient (Wildman–Crippen LogP) is 4.07. The second-order valence-corrected chi connectivity index (χ2v) is 9.71. The minimum atomic E-state index is -2.99. The molecule has 0 radical (unpaired) electrons. The van der Waals surface area contributed by atoms with Crippen LogP contribution in [0, 0.1) is 19.8 Å². The third-order valence-corrected chi connectivity index (χ3v) is 7.50. The Hall–Kier alpha value is -3.56. The number of carbonyl (C=O) groups is 2. The highest BCUT2D eigenvalue weighted by molar-refractivity contribution is 6.04. The zero-order valence-electron chi connectivity index (χ0n) is 21.5. The SMILES string of the molecule is COc1cc(C)[nH]c(=O)c1CCC(=O)c1c(C)c(C(C)C2CCN(C(=O)C(F)F)CC2)n2ncccc12. The molecule has 1 fully saturated rings. The second-order valence-electron chi connectivity index (χ2n) is 9.71. The zero-order chi connectivity index (χ0) is 26.9. The van der Waals surface area contributed by atoms with E-state index in [4.69, 9.17) is 4.74 Å². The quantitative estimate of drug-likeness (QED) is 0.457. The molecule has 8 nitrogen and oxygen atoms in total. The number of aromatic amines is 1. The lowest BCUT2D eigenvalue weighted by Crippen LogP contribution is -2.42. The number of likely N-dealkylation sites (tertiary alicyclic amines) is 1. The molecular weight excluding hydrogens is 482 g/mol. The first kappa shape index (κ1) is 26.5. The first-order valence-corrected chi connectivity index (χ1v) is 12.5. The summed E-state index contributed by atoms with van der Waals surface area (Å²) in [5, 5.41) is 4.52. The van der Waals surface area contributed by atoms with E-state index in [-0.39, 0.29) is 49.1 Å². The lowest BCUT2D eigenvalue weighted by Gasteiger charge is -2.35. The number of nitrogens with one attached hydrogen (secondary N) is 1. The Morgan fingerprint density at radius 3 is 2.59 bits per heavy atom. The smallest absolute Gasteiger partial charge is 0.315 e. The number of amides is 1. The molecule has 4 rings (SSSR count). The summed E-state index contributed by atoms with van der Waals surface area (Å²) in [6, 6.07) is 5.37. The number of H-pyrrole nitrogens is 1. The molecule has 4 heterocycles. The standard InChI is InChI=1S/C27H32F2N4O4/c1-15-14-22(37-4)19(26(35)31-15)7-8-21(34)23-17(3)24(33-20(23)6-5-11-30-33)16(2)18-9-12-32(13-10-18)27(36)25(28)29/h5-6,11,14,16,18,25H,7-10,12-13H2,1-4H3,(H,31,35). The molecule has 1 aliphatic rings. The number of aryl methyl sites for hydroxylation is 1. The number of nitrogens with zero attached hydrogens (tertiary/aromatic N) is 3. The molecule has 3 aromatic rings. The molecule has 1 saturated heterocycles. The van der Waals surface area contributed by atoms with Gasteiger partial charge in [-0.1, -0.05) is 6.92 Å². The van der Waals surface area contributed by atoms with Gasteiger partial charge in [0, 0.05) is 48.6 Å². The van der Waals surface area contributed by atoms with E-state index in [0.717, 1.165) is 11.3 Å². The summed E-state index contributed by atoms with van der Waals surface area (Å²) in [5.41, 5.74) is 3.84. The van der Waals surface area contributed by atoms with Crippen LogP contribution in [-0.2, 0) is 11.2 Å². The molecule has 0 aromatic carbocycles. The van der Waals surface area contributed by atoms with Gasteiger partial charge in [0.1, 0.15) is 5.75 Å². The van der Waals surface area contributed by atoms with Crippen molar-refractivity contribution in [1.82, 2.24) is 19.5 Å². The maximum atomic E-state index is 13.5. The van der Waals surface area contributed by atoms with E-state index >= 15 is 0 Å². The summed E-state index contributed by atoms with van der Waals surface area (Å²) in [7, 11) is 1.50. The van der Waals surface area contributed by atoms with Gasteiger partial charge in [-0.25, -0.2) is 4.52 Å². The Morgan fingerprint density at radius 1 is 1.24 bits per heavy atom. The Balaban J connectivity index is 1.59. The first-order valence-electron chi connectivity index (χ1n) is 12.5. The summed E-state index contributed by atoms with van der Waals surface area (Å²) in [6.45, 7) is 6.30. The molecule has 1 unspecified atom stereocenters. The largest absolute Gasteiger partial charge is 0.496 e. The summed E-state index contributed by atoms with van der Waals surface area (Å²) < 4.78 is 32.8. The van der Waals surface area contributed by atoms with E-state index in [2.05, 4.69) is 17.0 Å². The van der Waals surface area contributed by atoms with Crippen molar-refractivity contribution in [2.24, 2.45) is 5.92 Å². The van der Waals surface area contributed by atoms with E-state index in [1.54, 1.807) is 29.8 Å². The van der Waals surface area contributed by atoms with Gasteiger partial charge in [-0.15, -0.1) is 0 Å². The highest BCUT2D eigenvalue weighted by Gasteiger charge is 2.33. The van der Waals surface area contributed by atoms with Crippen LogP contribution in [0.25, 0.3) is 5.52 Å². The second kappa shape index (κ2) is 10.8. The number of carbonyl (C=O) groups excluding carboxylic acids is 2. The van der Waals surface area contributed by atoms with Gasteiger partial charge in [0.2, 0.25) is 0 Å². The number of piperidine rings is 1. The molecule has 10 heteroatoms. The maximum Gasteiger partial charge on any atom is 0.315 e. The number of Topliss-reactive ketones (excluding diaryl/α,β-unsaturated/α-hetero) is 1. The maximum absolute atomic E-state index is 13.5. The Kier molecular flexibility index (Phi) is 7.75. The van der Waals surface area contributed by atoms with E-state index in [1.165, 1.54) is 12.0 Å². The number of pyridine rings is 1. The molecule has 0 saturated carbocycles. The van der Waals surface area contributed by atoms with Crippen LogP contribution in [0.3, 0.4) is 0 Å². The normalized spacial score (nSPS) is 15.4. The van der Waals surface area contributed by atoms with Crippen molar-refractivity contribution in [3.8, 4) is 5.75 Å². The van der Waals surface area contributed by atoms with Crippen LogP contribution in [0.15, 0.2) is 29.2 Å². The van der Waals surface area contributed by atoms with Gasteiger partial charge < -0.3 is 14.6 Å². The monoisotopic (exact) mass is 514 g/mol. The fourth-order valence-electron chi connectivity index (χ4n) is 5.57. The Labute approximate surface area is 213 Å². The molecule has 0 bridgehead atoms. The molecule has 1 atom stereocenters. The van der Waals surface area contributed by atoms with Crippen LogP contribution >= 0.6 is 0 Å². The van der Waals surface area contributed by atoms with Crippen LogP contribution in [0.1, 0.15) is 65.0 Å². The lowest BCUT2D eigenvalue weighted by molar-refractivity contribution is -0.144. The van der Waals surface area contributed by atoms with Crippen LogP contribution in [0.2, 0.25) is 0 Å². The fourth-order valence-corrected chi connectivity index (χ4v) is 5.57. The fraction of sp³-hybridized carbons (Fsp3) is 0.481. The minimum absolute atomic E-state index is 0.00668. The highest BCUT2D eigenvalue weighted by Crippen LogP contribution is 2.37. The van der Waals surface area contributed by atoms with Gasteiger partial charge in [0.25, 0.3) is 11.5 Å². The molecule has 1 N–H and O–H groups in total. The van der Waals surface area contributed by atoms with Crippen molar-refractivity contribution in [3.63, 3.8) is 0 Å². The van der Waals surface area contributed by atoms with E-state index < -0.39 is 12.3 Å². The first-order chi connectivity index (χ1) is 17.6. The molecule has 0 spiro atoms. The molecule has 1 aliphatic heterocycles. The van der Waals surface area contributed by atoms with E-state index in [9.17, 15) is 23.2 Å². The number of aromatic nitrogens is 3. The van der Waals surface area contributed by atoms with Gasteiger partial charge in [-0.05, 0) is 62.8 Å². The van der Waals surface area contributed by atoms with Crippen LogP contribution in [0.4, 0.5) is 8.78 Å². The molecular formula is C27H32F2N4O4. The molecule has 0 aliphatic carbocycles. The van der Waals surface area contributed by atoms with Gasteiger partial charge in [0.05, 0.1) is 18.2 Å². The van der Waals surface area contributed by atoms with Crippen LogP contribution in [0.5, 0.6) is 5.75 Å². The van der Waals surface area contributed by atoms with Crippen molar-refractivity contribution in [3.05, 3.63) is 62.8 Å². The Bertz CT molecular complexity index is 1370. The summed E-state index contributed by atoms with van der Waals surface area (Å²) >= 11 is 0. The topological polar surface area (TPSA) is 96.8 Å². The number of ketones is 1. The van der Waals surface area contributed by atoms with E-state index in [1.807, 2.05) is 13.0 Å². The van der Waals surface area contributed by atoms with Crippen LogP contribution < -0.4 is 10.3 Å². The van der Waals surface area contributed by atoms with Crippen molar-refractivity contribution in [2.75, 3.05) is 20.2 Å². The summed E-state index contributed by atoms with van der Waals surface area (Å²) in [4.78, 5) is 41.7. The van der Waals surface area contributed by atoms with E-state index in [0.29, 0.717) is 40.9 Å². The number of fused-ring (bicyclic) bond motifs is 1. The highest BCUT2D eigenvalue weighted by atomic mass is 19.3. The third kappa shape index (κ3) is 5.14. The van der Waals surface area contributed by atoms with Gasteiger partial charge >= 0.3 is 6.43 Å². The van der Waals surface area contributed by atoms with Crippen molar-refractivity contribution in [2.45, 2.75) is 58.8 Å². The molecule has 1 amide bonds. The van der Waals surface area contributed by atoms with Gasteiger partial charge in [-0.3, -0.25) is 14.4 Å². The molecule has 3 aromatic heterocycles. The summed E-state index contributed by atoms with van der Waals surface area (Å²) in [5.74, 6) is -0.610. The predicted molar refractivity (Wildman–Crippen MR) is 135 cm³/mol. The number of hydrogen-bond donors (Lipinski definition) is 1. The lowest BCUT2D eigenvalue weighted by atomic mass is 9.82. The zero-order valence-corrected chi connectivity index (χ0v) is 21.5. The van der Waals surface area contributed by atoms with Crippen molar-refractivity contribution in [1.29, 1.82) is 0 Å². The third-order valence-electron chi connectivity index (χ3n) is 7.50. The number of ether oxygens (including phenoxy) is 1. The van der Waals surface area contributed by atoms with Crippen molar-refractivity contribution < 1.29 is 23.1 Å². The number of methoxy groups -OCH3 is 1. The van der Waals surface area contributed by atoms with Gasteiger partial charge in [-0.2, -0.15) is 13.9 Å². The minimum Gasteiger partial charge on any atom is -0.496 e. The number of rotatable bonds is 8. The average Bonchev–Trinajstić information content (AvgIpc) is 3.18. The van der Waals surface area contributed by atoms with Crippen molar-refractivity contribution >= 4 is 17.2 Å². The molecule has 198 valence electrons. The number of hydrogen-bond acceptors (Lipinski definition) is 5. The number of alkyl halides is 2. The van der Waals surface area contributed by atoms with Gasteiger partial charge in [0.15, 0.2) is 5.78 Å². The Morgan fingerprint density at radius 2 is 1.95 bits per heavy atom. The average molecular weight is 515 g/mol. The summed E-state index contributed by atoms with van der Waals surface area (Å²) in [6.07, 6.45) is 0.226. The number of halogens is 2.